The van der Waals surface area contributed by atoms with Crippen molar-refractivity contribution in [2.24, 2.45) is 0 Å². The van der Waals surface area contributed by atoms with Gasteiger partial charge in [-0.3, -0.25) is 4.98 Å². The number of nitrogens with zero attached hydrogens (tertiary/aromatic N) is 1. The third-order valence-electron chi connectivity index (χ3n) is 3.93. The molecule has 1 amide bonds. The zero-order valence-electron chi connectivity index (χ0n) is 13.3. The first-order valence-corrected chi connectivity index (χ1v) is 7.71. The lowest BCUT2D eigenvalue weighted by Crippen LogP contribution is -2.32. The Bertz CT molecular complexity index is 688. The van der Waals surface area contributed by atoms with Crippen LogP contribution in [0.15, 0.2) is 42.6 Å². The third kappa shape index (κ3) is 3.62. The number of aryl methyl sites for hydroxylation is 1. The molecule has 1 aliphatic heterocycles. The summed E-state index contributed by atoms with van der Waals surface area (Å²) in [6.07, 6.45) is 1.37. The molecule has 0 unspecified atom stereocenters. The molecule has 23 heavy (non-hydrogen) atoms. The van der Waals surface area contributed by atoms with Crippen LogP contribution in [0.5, 0.6) is 5.75 Å². The van der Waals surface area contributed by atoms with Crippen molar-refractivity contribution in [3.63, 3.8) is 0 Å². The van der Waals surface area contributed by atoms with Gasteiger partial charge in [0.05, 0.1) is 11.6 Å². The lowest BCUT2D eigenvalue weighted by molar-refractivity contribution is 0.137. The van der Waals surface area contributed by atoms with Crippen LogP contribution in [0.4, 0.5) is 4.79 Å². The summed E-state index contributed by atoms with van der Waals surface area (Å²) in [4.78, 5) is 16.3. The summed E-state index contributed by atoms with van der Waals surface area (Å²) in [7, 11) is 0. The Hall–Kier alpha value is -2.56. The Morgan fingerprint density at radius 1 is 1.35 bits per heavy atom. The van der Waals surface area contributed by atoms with Gasteiger partial charge in [0.1, 0.15) is 18.5 Å². The maximum atomic E-state index is 11.9. The van der Waals surface area contributed by atoms with E-state index in [-0.39, 0.29) is 18.6 Å². The number of hydrogen-bond donors (Lipinski definition) is 1. The zero-order chi connectivity index (χ0) is 16.2. The average molecular weight is 312 g/mol. The molecule has 5 nitrogen and oxygen atoms in total. The number of rotatable bonds is 4. The SMILES string of the molecule is Cc1cnc2c(c1)O[C@H](C)[C@H]2CNC(=O)OCc1ccccc1. The summed E-state index contributed by atoms with van der Waals surface area (Å²) in [5, 5.41) is 2.80. The Morgan fingerprint density at radius 2 is 2.13 bits per heavy atom. The number of nitrogens with one attached hydrogen (secondary N) is 1. The van der Waals surface area contributed by atoms with Crippen molar-refractivity contribution >= 4 is 6.09 Å². The number of aromatic nitrogens is 1. The molecule has 0 saturated carbocycles. The van der Waals surface area contributed by atoms with E-state index in [1.807, 2.05) is 56.4 Å². The van der Waals surface area contributed by atoms with E-state index in [4.69, 9.17) is 9.47 Å². The van der Waals surface area contributed by atoms with E-state index < -0.39 is 6.09 Å². The summed E-state index contributed by atoms with van der Waals surface area (Å²) >= 11 is 0. The molecule has 0 spiro atoms. The minimum atomic E-state index is -0.429. The van der Waals surface area contributed by atoms with Gasteiger partial charge in [-0.25, -0.2) is 4.79 Å². The van der Waals surface area contributed by atoms with Crippen LogP contribution >= 0.6 is 0 Å². The first kappa shape index (κ1) is 15.3. The van der Waals surface area contributed by atoms with E-state index in [1.54, 1.807) is 0 Å². The highest BCUT2D eigenvalue weighted by Crippen LogP contribution is 2.36. The molecule has 0 radical (unpaired) electrons. The van der Waals surface area contributed by atoms with E-state index in [0.29, 0.717) is 6.54 Å². The molecule has 2 aromatic rings. The second-order valence-corrected chi connectivity index (χ2v) is 5.77. The Kier molecular flexibility index (Phi) is 4.46. The lowest BCUT2D eigenvalue weighted by atomic mass is 10.0. The van der Waals surface area contributed by atoms with E-state index >= 15 is 0 Å². The van der Waals surface area contributed by atoms with Gasteiger partial charge in [-0.15, -0.1) is 0 Å². The number of benzene rings is 1. The van der Waals surface area contributed by atoms with E-state index in [2.05, 4.69) is 10.3 Å². The standard InChI is InChI=1S/C18H20N2O3/c1-12-8-16-17(19-9-12)15(13(2)23-16)10-20-18(21)22-11-14-6-4-3-5-7-14/h3-9,13,15H,10-11H2,1-2H3,(H,20,21)/t13-,15-/m1/s1. The highest BCUT2D eigenvalue weighted by Gasteiger charge is 2.33. The maximum absolute atomic E-state index is 11.9. The van der Waals surface area contributed by atoms with Gasteiger partial charge in [-0.1, -0.05) is 30.3 Å². The van der Waals surface area contributed by atoms with Gasteiger partial charge in [0.2, 0.25) is 0 Å². The van der Waals surface area contributed by atoms with Crippen LogP contribution in [0.1, 0.15) is 29.7 Å². The summed E-state index contributed by atoms with van der Waals surface area (Å²) in [6.45, 7) is 4.67. The molecule has 2 heterocycles. The lowest BCUT2D eigenvalue weighted by Gasteiger charge is -2.15. The minimum Gasteiger partial charge on any atom is -0.488 e. The zero-order valence-corrected chi connectivity index (χ0v) is 13.3. The molecule has 1 N–H and O–H groups in total. The van der Waals surface area contributed by atoms with Crippen LogP contribution < -0.4 is 10.1 Å². The number of ether oxygens (including phenoxy) is 2. The molecule has 0 saturated heterocycles. The number of hydrogen-bond acceptors (Lipinski definition) is 4. The molecule has 120 valence electrons. The third-order valence-corrected chi connectivity index (χ3v) is 3.93. The van der Waals surface area contributed by atoms with Crippen LogP contribution in [-0.2, 0) is 11.3 Å². The molecule has 1 aromatic heterocycles. The van der Waals surface area contributed by atoms with Crippen LogP contribution in [-0.4, -0.2) is 23.7 Å². The van der Waals surface area contributed by atoms with Gasteiger partial charge in [0.15, 0.2) is 0 Å². The van der Waals surface area contributed by atoms with Gasteiger partial charge in [0.25, 0.3) is 0 Å². The molecule has 1 aliphatic rings. The van der Waals surface area contributed by atoms with Gasteiger partial charge in [-0.2, -0.15) is 0 Å². The highest BCUT2D eigenvalue weighted by atomic mass is 16.5. The molecule has 0 fully saturated rings. The van der Waals surface area contributed by atoms with Crippen LogP contribution in [0.3, 0.4) is 0 Å². The second-order valence-electron chi connectivity index (χ2n) is 5.77. The van der Waals surface area contributed by atoms with Crippen molar-refractivity contribution in [1.29, 1.82) is 0 Å². The number of carbonyl (C=O) groups is 1. The quantitative estimate of drug-likeness (QED) is 0.942. The topological polar surface area (TPSA) is 60.5 Å². The molecule has 2 atom stereocenters. The Labute approximate surface area is 135 Å². The molecule has 0 bridgehead atoms. The number of alkyl carbamates (subject to hydrolysis) is 1. The predicted octanol–water partition coefficient (Wildman–Crippen LogP) is 3.18. The molecule has 5 heteroatoms. The van der Waals surface area contributed by atoms with E-state index in [1.165, 1.54) is 0 Å². The first-order valence-electron chi connectivity index (χ1n) is 7.71. The maximum Gasteiger partial charge on any atom is 0.407 e. The summed E-state index contributed by atoms with van der Waals surface area (Å²) in [5.41, 5.74) is 2.92. The number of carbonyl (C=O) groups excluding carboxylic acids is 1. The molecular weight excluding hydrogens is 292 g/mol. The normalized spacial score (nSPS) is 18.9. The van der Waals surface area contributed by atoms with Crippen LogP contribution in [0.2, 0.25) is 0 Å². The van der Waals surface area contributed by atoms with Crippen molar-refractivity contribution in [3.05, 3.63) is 59.4 Å². The second kappa shape index (κ2) is 6.69. The van der Waals surface area contributed by atoms with Crippen molar-refractivity contribution < 1.29 is 14.3 Å². The first-order chi connectivity index (χ1) is 11.1. The Morgan fingerprint density at radius 3 is 2.91 bits per heavy atom. The molecular formula is C18H20N2O3. The smallest absolute Gasteiger partial charge is 0.407 e. The van der Waals surface area contributed by atoms with Gasteiger partial charge < -0.3 is 14.8 Å². The number of pyridine rings is 1. The van der Waals surface area contributed by atoms with Gasteiger partial charge >= 0.3 is 6.09 Å². The summed E-state index contributed by atoms with van der Waals surface area (Å²) < 4.78 is 11.0. The molecule has 1 aromatic carbocycles. The van der Waals surface area contributed by atoms with Crippen molar-refractivity contribution in [1.82, 2.24) is 10.3 Å². The van der Waals surface area contributed by atoms with Gasteiger partial charge in [0, 0.05) is 12.7 Å². The monoisotopic (exact) mass is 312 g/mol. The van der Waals surface area contributed by atoms with E-state index in [0.717, 1.165) is 22.6 Å². The van der Waals surface area contributed by atoms with Crippen molar-refractivity contribution in [2.45, 2.75) is 32.5 Å². The number of amides is 1. The average Bonchev–Trinajstić information content (AvgIpc) is 2.86. The van der Waals surface area contributed by atoms with Crippen LogP contribution in [0, 0.1) is 6.92 Å². The van der Waals surface area contributed by atoms with Crippen LogP contribution in [0.25, 0.3) is 0 Å². The van der Waals surface area contributed by atoms with Crippen molar-refractivity contribution in [2.75, 3.05) is 6.54 Å². The number of fused-ring (bicyclic) bond motifs is 1. The molecule has 0 aliphatic carbocycles. The fraction of sp³-hybridized carbons (Fsp3) is 0.333. The van der Waals surface area contributed by atoms with Gasteiger partial charge in [-0.05, 0) is 31.0 Å². The van der Waals surface area contributed by atoms with E-state index in [9.17, 15) is 4.79 Å². The fourth-order valence-electron chi connectivity index (χ4n) is 2.66. The summed E-state index contributed by atoms with van der Waals surface area (Å²) in [5.74, 6) is 0.844. The largest absolute Gasteiger partial charge is 0.488 e. The highest BCUT2D eigenvalue weighted by molar-refractivity contribution is 5.67. The predicted molar refractivity (Wildman–Crippen MR) is 86.4 cm³/mol. The summed E-state index contributed by atoms with van der Waals surface area (Å²) in [6, 6.07) is 11.6. The van der Waals surface area contributed by atoms with Crippen molar-refractivity contribution in [3.8, 4) is 5.75 Å². The Balaban J connectivity index is 1.53. The minimum absolute atomic E-state index is 0.0197. The fourth-order valence-corrected chi connectivity index (χ4v) is 2.66. The molecule has 3 rings (SSSR count).